The first kappa shape index (κ1) is 23.5. The molecule has 0 bridgehead atoms. The fraction of sp³-hybridized carbons (Fsp3) is 0. The molecule has 1 heteroatoms. The minimum atomic E-state index is -0.624. The van der Waals surface area contributed by atoms with Gasteiger partial charge in [-0.3, -0.25) is 0 Å². The fourth-order valence-electron chi connectivity index (χ4n) is 6.78. The number of fused-ring (bicyclic) bond motifs is 1. The Bertz CT molecular complexity index is 3100. The summed E-state index contributed by atoms with van der Waals surface area (Å²) in [6.07, 6.45) is 0. The monoisotopic (exact) mass is 684 g/mol. The van der Waals surface area contributed by atoms with Gasteiger partial charge in [-0.1, -0.05) is 176 Å². The van der Waals surface area contributed by atoms with Gasteiger partial charge in [-0.2, -0.15) is 0 Å². The van der Waals surface area contributed by atoms with Crippen molar-refractivity contribution in [1.29, 1.82) is 0 Å². The van der Waals surface area contributed by atoms with E-state index in [0.717, 1.165) is 55.3 Å². The smallest absolute Gasteiger partial charge is 0.0645 e. The maximum absolute atomic E-state index is 9.38. The van der Waals surface area contributed by atoms with Crippen LogP contribution in [0.1, 0.15) is 12.3 Å². The van der Waals surface area contributed by atoms with Crippen LogP contribution >= 0.6 is 0 Å². The van der Waals surface area contributed by atoms with Crippen molar-refractivity contribution in [3.63, 3.8) is 0 Å². The summed E-state index contributed by atoms with van der Waals surface area (Å²) < 4.78 is 78.8. The number of benzene rings is 9. The third-order valence-electron chi connectivity index (χ3n) is 9.44. The van der Waals surface area contributed by atoms with Crippen LogP contribution in [-0.4, -0.2) is 0 Å². The molecule has 53 heavy (non-hydrogen) atoms. The highest BCUT2D eigenvalue weighted by Gasteiger charge is 2.14. The zero-order valence-electron chi connectivity index (χ0n) is 37.6. The summed E-state index contributed by atoms with van der Waals surface area (Å²) in [4.78, 5) is 1.67. The number of hydrogen-bond acceptors (Lipinski definition) is 1. The van der Waals surface area contributed by atoms with Gasteiger partial charge in [-0.25, -0.2) is 0 Å². The summed E-state index contributed by atoms with van der Waals surface area (Å²) >= 11 is 0. The summed E-state index contributed by atoms with van der Waals surface area (Å²) in [6, 6.07) is 51.6. The largest absolute Gasteiger partial charge is 0.311 e. The van der Waals surface area contributed by atoms with Crippen LogP contribution in [0.25, 0.3) is 66.4 Å². The Morgan fingerprint density at radius 2 is 0.774 bits per heavy atom. The lowest BCUT2D eigenvalue weighted by molar-refractivity contribution is 1.28. The molecule has 0 N–H and O–H groups in total. The van der Waals surface area contributed by atoms with E-state index in [0.29, 0.717) is 11.4 Å². The summed E-state index contributed by atoms with van der Waals surface area (Å²) in [6.45, 7) is 0. The molecule has 1 nitrogen and oxygen atoms in total. The van der Waals surface area contributed by atoms with Gasteiger partial charge < -0.3 is 4.90 Å². The van der Waals surface area contributed by atoms with Gasteiger partial charge in [0.05, 0.1) is 12.3 Å². The zero-order chi connectivity index (χ0) is 43.2. The van der Waals surface area contributed by atoms with Crippen LogP contribution in [0.2, 0.25) is 0 Å². The van der Waals surface area contributed by atoms with Crippen LogP contribution in [0.3, 0.4) is 0 Å². The predicted octanol–water partition coefficient (Wildman–Crippen LogP) is 14.6. The Kier molecular flexibility index (Phi) is 6.36. The van der Waals surface area contributed by atoms with E-state index in [2.05, 4.69) is 66.7 Å². The second-order valence-corrected chi connectivity index (χ2v) is 12.7. The third-order valence-corrected chi connectivity index (χ3v) is 9.44. The summed E-state index contributed by atoms with van der Waals surface area (Å²) in [5.74, 6) is 0. The molecule has 0 amide bonds. The van der Waals surface area contributed by atoms with Gasteiger partial charge >= 0.3 is 0 Å². The van der Waals surface area contributed by atoms with Crippen molar-refractivity contribution in [2.24, 2.45) is 0 Å². The van der Waals surface area contributed by atoms with E-state index in [1.165, 1.54) is 0 Å². The molecule has 9 rings (SSSR count). The molecule has 0 radical (unpaired) electrons. The lowest BCUT2D eigenvalue weighted by atomic mass is 9.95. The molecular weight excluding hydrogens is 639 g/mol. The number of nitrogens with zero attached hydrogens (tertiary/aromatic N) is 1. The van der Waals surface area contributed by atoms with Gasteiger partial charge in [0.2, 0.25) is 0 Å². The normalized spacial score (nSPS) is 13.4. The van der Waals surface area contributed by atoms with Gasteiger partial charge in [0, 0.05) is 17.1 Å². The van der Waals surface area contributed by atoms with Crippen molar-refractivity contribution in [2.45, 2.75) is 0 Å². The maximum atomic E-state index is 9.38. The summed E-state index contributed by atoms with van der Waals surface area (Å²) in [5, 5.41) is 2.31. The Hall–Kier alpha value is -6.96. The van der Waals surface area contributed by atoms with Crippen molar-refractivity contribution in [1.82, 2.24) is 0 Å². The molecule has 0 saturated heterocycles. The standard InChI is InChI=1S/C52H37N/c1-3-12-38(13-4-1)40-24-30-48(31-25-40)53(49-32-26-41(27-33-49)45-19-9-18-44(36-45)39-14-5-2-6-15-39)50-34-28-42(29-35-50)46-20-10-21-47(37-46)52-23-11-17-43-16-7-8-22-51(43)52/h1-37H/i1D,3D,4D,12D,13D,24D,25D,30D,31D. The fourth-order valence-corrected chi connectivity index (χ4v) is 6.78. The molecule has 0 spiro atoms. The van der Waals surface area contributed by atoms with Crippen molar-refractivity contribution in [3.05, 3.63) is 224 Å². The second-order valence-electron chi connectivity index (χ2n) is 12.7. The molecule has 0 heterocycles. The van der Waals surface area contributed by atoms with E-state index in [1.54, 1.807) is 4.90 Å². The molecule has 250 valence electrons. The number of hydrogen-bond donors (Lipinski definition) is 0. The van der Waals surface area contributed by atoms with E-state index in [1.807, 2.05) is 103 Å². The number of anilines is 3. The first-order valence-electron chi connectivity index (χ1n) is 21.9. The Labute approximate surface area is 324 Å². The summed E-state index contributed by atoms with van der Waals surface area (Å²) in [5.41, 5.74) is 8.53. The average Bonchev–Trinajstić information content (AvgIpc) is 3.32. The Morgan fingerprint density at radius 3 is 1.42 bits per heavy atom. The minimum absolute atomic E-state index is 0.0550. The third kappa shape index (κ3) is 6.65. The molecule has 0 aliphatic carbocycles. The first-order valence-corrected chi connectivity index (χ1v) is 17.4. The highest BCUT2D eigenvalue weighted by atomic mass is 15.1. The van der Waals surface area contributed by atoms with Crippen LogP contribution in [0.5, 0.6) is 0 Å². The van der Waals surface area contributed by atoms with E-state index in [4.69, 9.17) is 6.85 Å². The van der Waals surface area contributed by atoms with Crippen LogP contribution in [0, 0.1) is 0 Å². The van der Waals surface area contributed by atoms with Crippen LogP contribution in [0.4, 0.5) is 17.1 Å². The molecule has 0 aliphatic rings. The molecule has 0 aromatic heterocycles. The molecule has 9 aromatic rings. The Morgan fingerprint density at radius 1 is 0.302 bits per heavy atom. The van der Waals surface area contributed by atoms with Gasteiger partial charge in [-0.05, 0) is 115 Å². The minimum Gasteiger partial charge on any atom is -0.311 e. The van der Waals surface area contributed by atoms with Crippen molar-refractivity contribution < 1.29 is 12.3 Å². The van der Waals surface area contributed by atoms with Gasteiger partial charge in [-0.15, -0.1) is 0 Å². The van der Waals surface area contributed by atoms with Crippen molar-refractivity contribution >= 4 is 27.8 Å². The van der Waals surface area contributed by atoms with E-state index in [9.17, 15) is 5.48 Å². The van der Waals surface area contributed by atoms with Crippen LogP contribution in [-0.2, 0) is 0 Å². The van der Waals surface area contributed by atoms with Crippen molar-refractivity contribution in [3.8, 4) is 55.6 Å². The van der Waals surface area contributed by atoms with E-state index < -0.39 is 54.4 Å². The maximum Gasteiger partial charge on any atom is 0.0645 e. The van der Waals surface area contributed by atoms with Gasteiger partial charge in [0.25, 0.3) is 0 Å². The molecular formula is C52H37N. The molecule has 0 unspecified atom stereocenters. The topological polar surface area (TPSA) is 3.24 Å². The summed E-state index contributed by atoms with van der Waals surface area (Å²) in [7, 11) is 0. The van der Waals surface area contributed by atoms with E-state index in [-0.39, 0.29) is 16.8 Å². The van der Waals surface area contributed by atoms with Gasteiger partial charge in [0.1, 0.15) is 0 Å². The molecule has 0 aliphatic heterocycles. The van der Waals surface area contributed by atoms with E-state index >= 15 is 0 Å². The lowest BCUT2D eigenvalue weighted by Gasteiger charge is -2.26. The van der Waals surface area contributed by atoms with Crippen LogP contribution < -0.4 is 4.90 Å². The van der Waals surface area contributed by atoms with Gasteiger partial charge in [0.15, 0.2) is 0 Å². The predicted molar refractivity (Wildman–Crippen MR) is 226 cm³/mol. The van der Waals surface area contributed by atoms with Crippen LogP contribution in [0.15, 0.2) is 224 Å². The highest BCUT2D eigenvalue weighted by Crippen LogP contribution is 2.39. The molecule has 0 fully saturated rings. The quantitative estimate of drug-likeness (QED) is 0.154. The lowest BCUT2D eigenvalue weighted by Crippen LogP contribution is -2.09. The highest BCUT2D eigenvalue weighted by molar-refractivity contribution is 5.97. The molecule has 0 atom stereocenters. The Balaban J connectivity index is 1.16. The van der Waals surface area contributed by atoms with Crippen molar-refractivity contribution in [2.75, 3.05) is 4.90 Å². The zero-order valence-corrected chi connectivity index (χ0v) is 28.6. The molecule has 0 saturated carbocycles. The SMILES string of the molecule is [2H]c1c([2H])c([2H])c(-c2c([2H])c([2H])c(N(c3ccc(-c4cccc(-c5ccccc5)c4)cc3)c3ccc(-c4cccc(-c5cccc6ccccc56)c4)cc3)c([2H])c2[2H])c([2H])c1[2H]. The second kappa shape index (κ2) is 14.3. The first-order chi connectivity index (χ1) is 30.0. The number of rotatable bonds is 8. The average molecular weight is 685 g/mol. The molecule has 9 aromatic carbocycles.